The van der Waals surface area contributed by atoms with Crippen LogP contribution in [0.3, 0.4) is 0 Å². The van der Waals surface area contributed by atoms with Gasteiger partial charge in [-0.15, -0.1) is 0 Å². The van der Waals surface area contributed by atoms with Crippen molar-refractivity contribution in [2.24, 2.45) is 0 Å². The number of pyridine rings is 1. The van der Waals surface area contributed by atoms with Crippen molar-refractivity contribution in [3.63, 3.8) is 0 Å². The Morgan fingerprint density at radius 3 is 2.64 bits per heavy atom. The van der Waals surface area contributed by atoms with E-state index in [2.05, 4.69) is 10.3 Å². The smallest absolute Gasteiger partial charge is 0.261 e. The molecular formula is C9H12FN3O. The van der Waals surface area contributed by atoms with Crippen LogP contribution in [0.15, 0.2) is 18.3 Å². The number of alkyl halides is 1. The lowest BCUT2D eigenvalue weighted by Crippen LogP contribution is -2.32. The van der Waals surface area contributed by atoms with Crippen LogP contribution in [-0.2, 0) is 4.79 Å². The first-order chi connectivity index (χ1) is 6.39. The van der Waals surface area contributed by atoms with Gasteiger partial charge in [-0.1, -0.05) is 0 Å². The molecule has 1 aromatic rings. The number of halogens is 1. The molecule has 76 valence electrons. The number of carbonyl (C=O) groups excluding carboxylic acids is 1. The first-order valence-electron chi connectivity index (χ1n) is 4.11. The SMILES string of the molecule is CC(C)(F)C(=O)Nc1ccc(N)nc1. The number of nitrogens with zero attached hydrogens (tertiary/aromatic N) is 1. The number of hydrogen-bond acceptors (Lipinski definition) is 3. The molecule has 0 aliphatic rings. The summed E-state index contributed by atoms with van der Waals surface area (Å²) in [6.45, 7) is 2.38. The topological polar surface area (TPSA) is 68.0 Å². The number of nitrogen functional groups attached to an aromatic ring is 1. The molecule has 0 aliphatic heterocycles. The number of nitrogens with one attached hydrogen (secondary N) is 1. The highest BCUT2D eigenvalue weighted by atomic mass is 19.1. The molecule has 0 spiro atoms. The van der Waals surface area contributed by atoms with Gasteiger partial charge in [0.05, 0.1) is 11.9 Å². The summed E-state index contributed by atoms with van der Waals surface area (Å²) in [6, 6.07) is 3.09. The normalized spacial score (nSPS) is 11.1. The maximum Gasteiger partial charge on any atom is 0.261 e. The Balaban J connectivity index is 2.71. The van der Waals surface area contributed by atoms with Crippen LogP contribution >= 0.6 is 0 Å². The molecule has 1 amide bonds. The highest BCUT2D eigenvalue weighted by Gasteiger charge is 2.26. The van der Waals surface area contributed by atoms with Crippen LogP contribution in [0.4, 0.5) is 15.9 Å². The van der Waals surface area contributed by atoms with Crippen LogP contribution in [0.1, 0.15) is 13.8 Å². The van der Waals surface area contributed by atoms with Gasteiger partial charge in [-0.3, -0.25) is 4.79 Å². The number of aromatic nitrogens is 1. The molecule has 4 nitrogen and oxygen atoms in total. The lowest BCUT2D eigenvalue weighted by Gasteiger charge is -2.13. The highest BCUT2D eigenvalue weighted by Crippen LogP contribution is 2.13. The van der Waals surface area contributed by atoms with Gasteiger partial charge in [0.15, 0.2) is 5.67 Å². The van der Waals surface area contributed by atoms with Gasteiger partial charge in [0.2, 0.25) is 0 Å². The van der Waals surface area contributed by atoms with Crippen LogP contribution < -0.4 is 11.1 Å². The molecule has 0 saturated carbocycles. The summed E-state index contributed by atoms with van der Waals surface area (Å²) in [5.74, 6) is -0.355. The maximum atomic E-state index is 13.1. The maximum absolute atomic E-state index is 13.1. The van der Waals surface area contributed by atoms with Crippen molar-refractivity contribution in [3.8, 4) is 0 Å². The van der Waals surface area contributed by atoms with Gasteiger partial charge in [0.25, 0.3) is 5.91 Å². The van der Waals surface area contributed by atoms with E-state index >= 15 is 0 Å². The lowest BCUT2D eigenvalue weighted by molar-refractivity contribution is -0.125. The molecule has 1 rings (SSSR count). The molecule has 3 N–H and O–H groups in total. The third kappa shape index (κ3) is 2.69. The quantitative estimate of drug-likeness (QED) is 0.752. The van der Waals surface area contributed by atoms with E-state index in [1.807, 2.05) is 0 Å². The first kappa shape index (κ1) is 10.4. The minimum Gasteiger partial charge on any atom is -0.384 e. The molecule has 14 heavy (non-hydrogen) atoms. The Hall–Kier alpha value is -1.65. The fraction of sp³-hybridized carbons (Fsp3) is 0.333. The number of nitrogens with two attached hydrogens (primary N) is 1. The number of amides is 1. The van der Waals surface area contributed by atoms with E-state index in [1.54, 1.807) is 6.07 Å². The molecule has 5 heteroatoms. The van der Waals surface area contributed by atoms with E-state index in [4.69, 9.17) is 5.73 Å². The average molecular weight is 197 g/mol. The first-order valence-corrected chi connectivity index (χ1v) is 4.11. The Morgan fingerprint density at radius 2 is 2.21 bits per heavy atom. The third-order valence-corrected chi connectivity index (χ3v) is 1.58. The van der Waals surface area contributed by atoms with Gasteiger partial charge < -0.3 is 11.1 Å². The van der Waals surface area contributed by atoms with Crippen molar-refractivity contribution in [2.45, 2.75) is 19.5 Å². The summed E-state index contributed by atoms with van der Waals surface area (Å²) in [4.78, 5) is 14.9. The molecule has 0 unspecified atom stereocenters. The van der Waals surface area contributed by atoms with Crippen LogP contribution in [0, 0.1) is 0 Å². The van der Waals surface area contributed by atoms with E-state index in [9.17, 15) is 9.18 Å². The fourth-order valence-electron chi connectivity index (χ4n) is 0.759. The molecule has 0 fully saturated rings. The summed E-state index contributed by atoms with van der Waals surface area (Å²) in [5.41, 5.74) is 3.87. The monoisotopic (exact) mass is 197 g/mol. The molecule has 1 aromatic heterocycles. The highest BCUT2D eigenvalue weighted by molar-refractivity contribution is 5.96. The van der Waals surface area contributed by atoms with Gasteiger partial charge in [0, 0.05) is 0 Å². The second-order valence-electron chi connectivity index (χ2n) is 3.40. The lowest BCUT2D eigenvalue weighted by atomic mass is 10.1. The molecule has 0 bridgehead atoms. The number of anilines is 2. The summed E-state index contributed by atoms with van der Waals surface area (Å²) in [7, 11) is 0. The fourth-order valence-corrected chi connectivity index (χ4v) is 0.759. The number of hydrogen-bond donors (Lipinski definition) is 2. The van der Waals surface area contributed by atoms with E-state index < -0.39 is 11.6 Å². The number of rotatable bonds is 2. The summed E-state index contributed by atoms with van der Waals surface area (Å²) >= 11 is 0. The van der Waals surface area contributed by atoms with Crippen LogP contribution in [0.5, 0.6) is 0 Å². The second-order valence-corrected chi connectivity index (χ2v) is 3.40. The predicted octanol–water partition coefficient (Wildman–Crippen LogP) is 1.35. The van der Waals surface area contributed by atoms with Gasteiger partial charge in [-0.25, -0.2) is 9.37 Å². The van der Waals surface area contributed by atoms with E-state index in [0.29, 0.717) is 11.5 Å². The van der Waals surface area contributed by atoms with E-state index in [-0.39, 0.29) is 0 Å². The zero-order chi connectivity index (χ0) is 10.8. The Morgan fingerprint density at radius 1 is 1.57 bits per heavy atom. The van der Waals surface area contributed by atoms with Crippen molar-refractivity contribution < 1.29 is 9.18 Å². The Labute approximate surface area is 81.3 Å². The van der Waals surface area contributed by atoms with E-state index in [1.165, 1.54) is 26.1 Å². The molecule has 0 aliphatic carbocycles. The zero-order valence-corrected chi connectivity index (χ0v) is 8.04. The zero-order valence-electron chi connectivity index (χ0n) is 8.04. The molecule has 0 aromatic carbocycles. The van der Waals surface area contributed by atoms with Crippen LogP contribution in [-0.4, -0.2) is 16.6 Å². The van der Waals surface area contributed by atoms with Gasteiger partial charge in [-0.2, -0.15) is 0 Å². The van der Waals surface area contributed by atoms with Crippen LogP contribution in [0.25, 0.3) is 0 Å². The largest absolute Gasteiger partial charge is 0.384 e. The Bertz CT molecular complexity index is 329. The molecule has 0 radical (unpaired) electrons. The van der Waals surface area contributed by atoms with Crippen molar-refractivity contribution in [1.29, 1.82) is 0 Å². The third-order valence-electron chi connectivity index (χ3n) is 1.58. The van der Waals surface area contributed by atoms with Crippen molar-refractivity contribution in [2.75, 3.05) is 11.1 Å². The summed E-state index contributed by atoms with van der Waals surface area (Å²) in [5, 5.41) is 2.38. The standard InChI is InChI=1S/C9H12FN3O/c1-9(2,10)8(14)13-6-3-4-7(11)12-5-6/h3-5H,1-2H3,(H2,11,12)(H,13,14). The Kier molecular flexibility index (Phi) is 2.69. The number of carbonyl (C=O) groups is 1. The molecule has 0 atom stereocenters. The van der Waals surface area contributed by atoms with Gasteiger partial charge in [0.1, 0.15) is 5.82 Å². The predicted molar refractivity (Wildman–Crippen MR) is 52.5 cm³/mol. The van der Waals surface area contributed by atoms with Crippen molar-refractivity contribution in [1.82, 2.24) is 4.98 Å². The summed E-state index contributed by atoms with van der Waals surface area (Å²) < 4.78 is 13.1. The second kappa shape index (κ2) is 3.61. The molecule has 0 saturated heterocycles. The molecular weight excluding hydrogens is 185 g/mol. The minimum absolute atomic E-state index is 0.350. The van der Waals surface area contributed by atoms with E-state index in [0.717, 1.165) is 0 Å². The van der Waals surface area contributed by atoms with Crippen molar-refractivity contribution in [3.05, 3.63) is 18.3 Å². The van der Waals surface area contributed by atoms with Gasteiger partial charge in [-0.05, 0) is 26.0 Å². The van der Waals surface area contributed by atoms with Crippen molar-refractivity contribution >= 4 is 17.4 Å². The average Bonchev–Trinajstić information content (AvgIpc) is 2.07. The molecule has 1 heterocycles. The minimum atomic E-state index is -1.90. The van der Waals surface area contributed by atoms with Crippen LogP contribution in [0.2, 0.25) is 0 Å². The van der Waals surface area contributed by atoms with Gasteiger partial charge >= 0.3 is 0 Å². The summed E-state index contributed by atoms with van der Waals surface area (Å²) in [6.07, 6.45) is 1.37.